The molecule has 0 bridgehead atoms. The fraction of sp³-hybridized carbons (Fsp3) is 0.667. The van der Waals surface area contributed by atoms with Gasteiger partial charge in [0.25, 0.3) is 0 Å². The molecule has 174 valence electrons. The Morgan fingerprint density at radius 3 is 2.42 bits per heavy atom. The molecule has 1 aromatic carbocycles. The molecule has 1 aliphatic rings. The van der Waals surface area contributed by atoms with Crippen LogP contribution in [0.1, 0.15) is 58.6 Å². The fourth-order valence-corrected chi connectivity index (χ4v) is 3.99. The summed E-state index contributed by atoms with van der Waals surface area (Å²) in [6.45, 7) is 13.3. The molecule has 1 fully saturated rings. The van der Waals surface area contributed by atoms with Crippen LogP contribution in [0.4, 0.5) is 0 Å². The minimum Gasteiger partial charge on any atom is -0.381 e. The Morgan fingerprint density at radius 2 is 1.81 bits per heavy atom. The smallest absolute Gasteiger partial charge is 0.224 e. The third kappa shape index (κ3) is 8.15. The zero-order chi connectivity index (χ0) is 22.5. The summed E-state index contributed by atoms with van der Waals surface area (Å²) < 4.78 is 5.64. The van der Waals surface area contributed by atoms with Crippen molar-refractivity contribution in [3.05, 3.63) is 35.9 Å². The summed E-state index contributed by atoms with van der Waals surface area (Å²) in [5, 5.41) is 10.5. The normalized spacial score (nSPS) is 17.1. The maximum absolute atomic E-state index is 12.3. The van der Waals surface area contributed by atoms with Gasteiger partial charge in [0, 0.05) is 57.4 Å². The van der Waals surface area contributed by atoms with E-state index in [1.165, 1.54) is 5.56 Å². The number of nitrogens with zero attached hydrogens (tertiary/aromatic N) is 2. The Bertz CT molecular complexity index is 670. The molecule has 7 heteroatoms. The van der Waals surface area contributed by atoms with E-state index in [-0.39, 0.29) is 17.5 Å². The van der Waals surface area contributed by atoms with Gasteiger partial charge in [-0.3, -0.25) is 9.79 Å². The summed E-state index contributed by atoms with van der Waals surface area (Å²) in [5.74, 6) is 0.933. The van der Waals surface area contributed by atoms with Crippen molar-refractivity contribution >= 4 is 11.9 Å². The largest absolute Gasteiger partial charge is 0.381 e. The first-order chi connectivity index (χ1) is 15.0. The number of benzene rings is 1. The second-order valence-electron chi connectivity index (χ2n) is 8.11. The predicted octanol–water partition coefficient (Wildman–Crippen LogP) is 2.70. The first kappa shape index (κ1) is 25.1. The number of aliphatic imine (C=N–C) groups is 1. The SMILES string of the molecule is CCNC(=NCC1(NC(C)c2ccccc2)CCOCC1)NCCC(=O)N(CC)CC. The molecule has 31 heavy (non-hydrogen) atoms. The topological polar surface area (TPSA) is 78.0 Å². The van der Waals surface area contributed by atoms with Gasteiger partial charge >= 0.3 is 0 Å². The third-order valence-electron chi connectivity index (χ3n) is 5.90. The zero-order valence-electron chi connectivity index (χ0n) is 19.7. The second kappa shape index (κ2) is 13.3. The van der Waals surface area contributed by atoms with Gasteiger partial charge in [0.1, 0.15) is 0 Å². The summed E-state index contributed by atoms with van der Waals surface area (Å²) in [7, 11) is 0. The molecule has 2 rings (SSSR count). The molecule has 1 aliphatic heterocycles. The van der Waals surface area contributed by atoms with Crippen molar-refractivity contribution in [2.75, 3.05) is 45.9 Å². The zero-order valence-corrected chi connectivity index (χ0v) is 19.7. The molecule has 1 saturated heterocycles. The Labute approximate surface area is 188 Å². The van der Waals surface area contributed by atoms with Crippen molar-refractivity contribution in [3.63, 3.8) is 0 Å². The highest BCUT2D eigenvalue weighted by molar-refractivity contribution is 5.81. The Hall–Kier alpha value is -2.12. The van der Waals surface area contributed by atoms with Gasteiger partial charge in [-0.05, 0) is 46.1 Å². The van der Waals surface area contributed by atoms with Crippen LogP contribution >= 0.6 is 0 Å². The lowest BCUT2D eigenvalue weighted by Gasteiger charge is -2.39. The van der Waals surface area contributed by atoms with E-state index in [2.05, 4.69) is 54.1 Å². The van der Waals surface area contributed by atoms with E-state index in [0.717, 1.165) is 51.6 Å². The first-order valence-electron chi connectivity index (χ1n) is 11.7. The van der Waals surface area contributed by atoms with E-state index in [9.17, 15) is 4.79 Å². The monoisotopic (exact) mass is 431 g/mol. The number of nitrogens with one attached hydrogen (secondary N) is 3. The van der Waals surface area contributed by atoms with Gasteiger partial charge in [-0.2, -0.15) is 0 Å². The number of rotatable bonds is 11. The van der Waals surface area contributed by atoms with Crippen LogP contribution in [0.25, 0.3) is 0 Å². The number of carbonyl (C=O) groups is 1. The van der Waals surface area contributed by atoms with Gasteiger partial charge in [-0.1, -0.05) is 30.3 Å². The molecule has 3 N–H and O–H groups in total. The molecule has 0 radical (unpaired) electrons. The lowest BCUT2D eigenvalue weighted by Crippen LogP contribution is -2.53. The number of ether oxygens (including phenoxy) is 1. The molecular formula is C24H41N5O2. The molecule has 1 amide bonds. The van der Waals surface area contributed by atoms with Crippen LogP contribution in [-0.4, -0.2) is 68.2 Å². The molecule has 1 aromatic rings. The maximum atomic E-state index is 12.3. The molecule has 1 atom stereocenters. The summed E-state index contributed by atoms with van der Waals surface area (Å²) in [5.41, 5.74) is 1.17. The lowest BCUT2D eigenvalue weighted by atomic mass is 9.88. The van der Waals surface area contributed by atoms with Crippen LogP contribution in [0.2, 0.25) is 0 Å². The number of guanidine groups is 1. The minimum absolute atomic E-state index is 0.104. The van der Waals surface area contributed by atoms with E-state index in [1.807, 2.05) is 24.8 Å². The summed E-state index contributed by atoms with van der Waals surface area (Å²) in [6.07, 6.45) is 2.31. The quantitative estimate of drug-likeness (QED) is 0.371. The molecule has 0 aromatic heterocycles. The van der Waals surface area contributed by atoms with Gasteiger partial charge < -0.3 is 25.6 Å². The molecule has 0 spiro atoms. The fourth-order valence-electron chi connectivity index (χ4n) is 3.99. The standard InChI is InChI=1S/C24H41N5O2/c1-5-25-23(26-16-13-22(30)29(6-2)7-3)27-19-24(14-17-31-18-15-24)28-20(4)21-11-9-8-10-12-21/h8-12,20,28H,5-7,13-19H2,1-4H3,(H2,25,26,27). The van der Waals surface area contributed by atoms with E-state index < -0.39 is 0 Å². The average molecular weight is 432 g/mol. The van der Waals surface area contributed by atoms with Crippen molar-refractivity contribution in [1.29, 1.82) is 0 Å². The van der Waals surface area contributed by atoms with Crippen LogP contribution in [0.5, 0.6) is 0 Å². The second-order valence-corrected chi connectivity index (χ2v) is 8.11. The number of carbonyl (C=O) groups excluding carboxylic acids is 1. The van der Waals surface area contributed by atoms with Gasteiger partial charge in [0.05, 0.1) is 6.54 Å². The lowest BCUT2D eigenvalue weighted by molar-refractivity contribution is -0.130. The molecule has 1 heterocycles. The molecule has 7 nitrogen and oxygen atoms in total. The predicted molar refractivity (Wildman–Crippen MR) is 127 cm³/mol. The number of hydrogen-bond acceptors (Lipinski definition) is 4. The highest BCUT2D eigenvalue weighted by atomic mass is 16.5. The Balaban J connectivity index is 2.00. The van der Waals surface area contributed by atoms with Crippen LogP contribution in [-0.2, 0) is 9.53 Å². The van der Waals surface area contributed by atoms with Crippen molar-refractivity contribution in [1.82, 2.24) is 20.9 Å². The van der Waals surface area contributed by atoms with E-state index in [4.69, 9.17) is 9.73 Å². The molecule has 0 saturated carbocycles. The van der Waals surface area contributed by atoms with Gasteiger partial charge in [0.2, 0.25) is 5.91 Å². The summed E-state index contributed by atoms with van der Waals surface area (Å²) in [4.78, 5) is 19.0. The number of amides is 1. The van der Waals surface area contributed by atoms with Crippen LogP contribution < -0.4 is 16.0 Å². The van der Waals surface area contributed by atoms with Crippen molar-refractivity contribution in [2.45, 2.75) is 58.5 Å². The minimum atomic E-state index is -0.104. The highest BCUT2D eigenvalue weighted by Crippen LogP contribution is 2.26. The van der Waals surface area contributed by atoms with E-state index in [0.29, 0.717) is 19.5 Å². The molecule has 1 unspecified atom stereocenters. The van der Waals surface area contributed by atoms with Crippen molar-refractivity contribution in [3.8, 4) is 0 Å². The van der Waals surface area contributed by atoms with Crippen molar-refractivity contribution in [2.24, 2.45) is 4.99 Å². The molecule has 0 aliphatic carbocycles. The van der Waals surface area contributed by atoms with Crippen LogP contribution in [0.3, 0.4) is 0 Å². The first-order valence-corrected chi connectivity index (χ1v) is 11.7. The van der Waals surface area contributed by atoms with Gasteiger partial charge in [0.15, 0.2) is 5.96 Å². The highest BCUT2D eigenvalue weighted by Gasteiger charge is 2.34. The Kier molecular flexibility index (Phi) is 10.8. The summed E-state index contributed by atoms with van der Waals surface area (Å²) >= 11 is 0. The van der Waals surface area contributed by atoms with Crippen LogP contribution in [0.15, 0.2) is 35.3 Å². The van der Waals surface area contributed by atoms with E-state index >= 15 is 0 Å². The summed E-state index contributed by atoms with van der Waals surface area (Å²) in [6, 6.07) is 10.8. The van der Waals surface area contributed by atoms with Crippen LogP contribution in [0, 0.1) is 0 Å². The van der Waals surface area contributed by atoms with Gasteiger partial charge in [-0.15, -0.1) is 0 Å². The van der Waals surface area contributed by atoms with Gasteiger partial charge in [-0.25, -0.2) is 0 Å². The molecular weight excluding hydrogens is 390 g/mol. The van der Waals surface area contributed by atoms with E-state index in [1.54, 1.807) is 0 Å². The third-order valence-corrected chi connectivity index (χ3v) is 5.90. The maximum Gasteiger partial charge on any atom is 0.224 e. The number of hydrogen-bond donors (Lipinski definition) is 3. The Morgan fingerprint density at radius 1 is 1.13 bits per heavy atom. The average Bonchev–Trinajstić information content (AvgIpc) is 2.79. The van der Waals surface area contributed by atoms with Crippen molar-refractivity contribution < 1.29 is 9.53 Å².